The van der Waals surface area contributed by atoms with Gasteiger partial charge in [0.05, 0.1) is 25.0 Å². The first-order valence-corrected chi connectivity index (χ1v) is 8.18. The number of nitrogens with two attached hydrogens (primary N) is 1. The largest absolute Gasteiger partial charge is 0.497 e. The molecule has 0 aromatic heterocycles. The molecular weight excluding hydrogens is 274 g/mol. The van der Waals surface area contributed by atoms with E-state index in [2.05, 4.69) is 0 Å². The highest BCUT2D eigenvalue weighted by Crippen LogP contribution is 2.40. The Morgan fingerprint density at radius 2 is 2.35 bits per heavy atom. The summed E-state index contributed by atoms with van der Waals surface area (Å²) in [5, 5.41) is 0. The fourth-order valence-electron chi connectivity index (χ4n) is 2.87. The summed E-state index contributed by atoms with van der Waals surface area (Å²) in [6.07, 6.45) is 3.18. The van der Waals surface area contributed by atoms with Crippen LogP contribution in [0.4, 0.5) is 5.69 Å². The van der Waals surface area contributed by atoms with Crippen LogP contribution in [-0.2, 0) is 4.74 Å². The molecule has 0 saturated carbocycles. The second-order valence-electron chi connectivity index (χ2n) is 5.47. The van der Waals surface area contributed by atoms with Crippen molar-refractivity contribution >= 4 is 17.4 Å². The molecule has 0 radical (unpaired) electrons. The maximum atomic E-state index is 6.12. The van der Waals surface area contributed by atoms with Crippen LogP contribution >= 0.6 is 11.8 Å². The van der Waals surface area contributed by atoms with E-state index in [1.165, 1.54) is 5.75 Å². The molecule has 2 fully saturated rings. The van der Waals surface area contributed by atoms with Crippen LogP contribution in [0.1, 0.15) is 19.3 Å². The molecule has 3 rings (SSSR count). The van der Waals surface area contributed by atoms with Gasteiger partial charge in [-0.25, -0.2) is 0 Å². The second kappa shape index (κ2) is 5.74. The molecule has 0 bridgehead atoms. The lowest BCUT2D eigenvalue weighted by atomic mass is 9.91. The number of nitrogen functional groups attached to an aromatic ring is 1. The summed E-state index contributed by atoms with van der Waals surface area (Å²) in [5.74, 6) is 3.76. The number of ether oxygens (including phenoxy) is 3. The molecule has 2 aliphatic rings. The summed E-state index contributed by atoms with van der Waals surface area (Å²) in [6.45, 7) is 0.773. The van der Waals surface area contributed by atoms with Crippen molar-refractivity contribution in [1.29, 1.82) is 0 Å². The van der Waals surface area contributed by atoms with Gasteiger partial charge in [-0.3, -0.25) is 0 Å². The molecule has 1 aromatic carbocycles. The van der Waals surface area contributed by atoms with Crippen molar-refractivity contribution in [3.63, 3.8) is 0 Å². The van der Waals surface area contributed by atoms with Crippen molar-refractivity contribution in [3.05, 3.63) is 18.2 Å². The molecule has 20 heavy (non-hydrogen) atoms. The molecule has 2 saturated heterocycles. The zero-order valence-corrected chi connectivity index (χ0v) is 12.6. The van der Waals surface area contributed by atoms with E-state index in [9.17, 15) is 0 Å². The SMILES string of the molecule is COc1ccc(N)c(OC2CCOC3(CCSC3)C2)c1. The molecule has 0 amide bonds. The Bertz CT molecular complexity index is 474. The average Bonchev–Trinajstić information content (AvgIpc) is 2.89. The van der Waals surface area contributed by atoms with E-state index in [-0.39, 0.29) is 11.7 Å². The van der Waals surface area contributed by atoms with Gasteiger partial charge in [0, 0.05) is 24.7 Å². The van der Waals surface area contributed by atoms with Crippen LogP contribution in [-0.4, -0.2) is 36.9 Å². The Morgan fingerprint density at radius 3 is 3.10 bits per heavy atom. The fourth-order valence-corrected chi connectivity index (χ4v) is 4.25. The Kier molecular flexibility index (Phi) is 3.98. The molecule has 2 unspecified atom stereocenters. The van der Waals surface area contributed by atoms with Gasteiger partial charge in [0.25, 0.3) is 0 Å². The summed E-state index contributed by atoms with van der Waals surface area (Å²) >= 11 is 1.97. The second-order valence-corrected chi connectivity index (χ2v) is 6.58. The fraction of sp³-hybridized carbons (Fsp3) is 0.600. The van der Waals surface area contributed by atoms with E-state index in [1.807, 2.05) is 30.0 Å². The van der Waals surface area contributed by atoms with Crippen molar-refractivity contribution in [1.82, 2.24) is 0 Å². The molecule has 1 spiro atoms. The summed E-state index contributed by atoms with van der Waals surface area (Å²) in [6, 6.07) is 5.54. The molecule has 2 aliphatic heterocycles. The third kappa shape index (κ3) is 2.83. The summed E-state index contributed by atoms with van der Waals surface area (Å²) in [7, 11) is 1.65. The number of methoxy groups -OCH3 is 1. The van der Waals surface area contributed by atoms with Gasteiger partial charge < -0.3 is 19.9 Å². The van der Waals surface area contributed by atoms with Gasteiger partial charge in [0.1, 0.15) is 17.6 Å². The molecule has 110 valence electrons. The zero-order chi connectivity index (χ0) is 14.0. The van der Waals surface area contributed by atoms with Crippen LogP contribution in [0.3, 0.4) is 0 Å². The lowest BCUT2D eigenvalue weighted by Crippen LogP contribution is -2.43. The van der Waals surface area contributed by atoms with Crippen LogP contribution in [0.5, 0.6) is 11.5 Å². The molecule has 1 aromatic rings. The summed E-state index contributed by atoms with van der Waals surface area (Å²) < 4.78 is 17.4. The van der Waals surface area contributed by atoms with Gasteiger partial charge >= 0.3 is 0 Å². The van der Waals surface area contributed by atoms with E-state index in [0.29, 0.717) is 5.69 Å². The normalized spacial score (nSPS) is 29.6. The molecule has 2 heterocycles. The van der Waals surface area contributed by atoms with Crippen molar-refractivity contribution in [2.45, 2.75) is 31.0 Å². The lowest BCUT2D eigenvalue weighted by Gasteiger charge is -2.37. The predicted molar refractivity (Wildman–Crippen MR) is 81.7 cm³/mol. The first kappa shape index (κ1) is 13.9. The third-order valence-corrected chi connectivity index (χ3v) is 5.25. The Hall–Kier alpha value is -1.07. The van der Waals surface area contributed by atoms with Crippen molar-refractivity contribution in [2.75, 3.05) is 31.0 Å². The van der Waals surface area contributed by atoms with Crippen LogP contribution in [0.15, 0.2) is 18.2 Å². The molecule has 5 heteroatoms. The molecule has 2 atom stereocenters. The Labute approximate surface area is 124 Å². The quantitative estimate of drug-likeness (QED) is 0.869. The molecular formula is C15H21NO3S. The summed E-state index contributed by atoms with van der Waals surface area (Å²) in [4.78, 5) is 0. The van der Waals surface area contributed by atoms with E-state index in [4.69, 9.17) is 19.9 Å². The standard InChI is InChI=1S/C15H21NO3S/c1-17-11-2-3-13(16)14(8-11)19-12-4-6-18-15(9-12)5-7-20-10-15/h2-3,8,12H,4-7,9-10,16H2,1H3. The van der Waals surface area contributed by atoms with Crippen molar-refractivity contribution < 1.29 is 14.2 Å². The maximum Gasteiger partial charge on any atom is 0.146 e. The van der Waals surface area contributed by atoms with Gasteiger partial charge in [-0.05, 0) is 24.3 Å². The highest BCUT2D eigenvalue weighted by atomic mass is 32.2. The third-order valence-electron chi connectivity index (χ3n) is 4.03. The number of benzene rings is 1. The van der Waals surface area contributed by atoms with E-state index in [1.54, 1.807) is 7.11 Å². The minimum atomic E-state index is 0.0290. The van der Waals surface area contributed by atoms with Crippen molar-refractivity contribution in [3.8, 4) is 11.5 Å². The van der Waals surface area contributed by atoms with Gasteiger partial charge in [-0.1, -0.05) is 0 Å². The maximum absolute atomic E-state index is 6.12. The van der Waals surface area contributed by atoms with Crippen LogP contribution in [0.25, 0.3) is 0 Å². The first-order chi connectivity index (χ1) is 9.71. The lowest BCUT2D eigenvalue weighted by molar-refractivity contribution is -0.0957. The van der Waals surface area contributed by atoms with E-state index >= 15 is 0 Å². The molecule has 4 nitrogen and oxygen atoms in total. The monoisotopic (exact) mass is 295 g/mol. The number of rotatable bonds is 3. The first-order valence-electron chi connectivity index (χ1n) is 7.03. The molecule has 0 aliphatic carbocycles. The van der Waals surface area contributed by atoms with E-state index < -0.39 is 0 Å². The minimum absolute atomic E-state index is 0.0290. The average molecular weight is 295 g/mol. The van der Waals surface area contributed by atoms with Gasteiger partial charge in [0.2, 0.25) is 0 Å². The topological polar surface area (TPSA) is 53.7 Å². The highest BCUT2D eigenvalue weighted by Gasteiger charge is 2.41. The Morgan fingerprint density at radius 1 is 1.45 bits per heavy atom. The number of hydrogen-bond acceptors (Lipinski definition) is 5. The molecule has 2 N–H and O–H groups in total. The minimum Gasteiger partial charge on any atom is -0.497 e. The smallest absolute Gasteiger partial charge is 0.146 e. The van der Waals surface area contributed by atoms with Crippen LogP contribution in [0, 0.1) is 0 Å². The number of anilines is 1. The summed E-state index contributed by atoms with van der Waals surface area (Å²) in [5.41, 5.74) is 6.68. The van der Waals surface area contributed by atoms with Gasteiger partial charge in [0.15, 0.2) is 0 Å². The van der Waals surface area contributed by atoms with Crippen molar-refractivity contribution in [2.24, 2.45) is 0 Å². The Balaban J connectivity index is 1.71. The number of thioether (sulfide) groups is 1. The van der Waals surface area contributed by atoms with E-state index in [0.717, 1.165) is 43.1 Å². The van der Waals surface area contributed by atoms with Gasteiger partial charge in [-0.2, -0.15) is 11.8 Å². The highest BCUT2D eigenvalue weighted by molar-refractivity contribution is 7.99. The van der Waals surface area contributed by atoms with Gasteiger partial charge in [-0.15, -0.1) is 0 Å². The van der Waals surface area contributed by atoms with Crippen LogP contribution < -0.4 is 15.2 Å². The number of hydrogen-bond donors (Lipinski definition) is 1. The predicted octanol–water partition coefficient (Wildman–Crippen LogP) is 2.71. The zero-order valence-electron chi connectivity index (χ0n) is 11.8. The van der Waals surface area contributed by atoms with Crippen LogP contribution in [0.2, 0.25) is 0 Å².